The second-order valence-corrected chi connectivity index (χ2v) is 6.75. The molecular weight excluding hydrogens is 380 g/mol. The molecule has 30 heavy (non-hydrogen) atoms. The van der Waals surface area contributed by atoms with Gasteiger partial charge in [-0.25, -0.2) is 0 Å². The maximum Gasteiger partial charge on any atom is 0.274 e. The fraction of sp³-hybridized carbons (Fsp3) is 0.0870. The van der Waals surface area contributed by atoms with Crippen LogP contribution in [0.25, 0.3) is 33.1 Å². The Labute approximate surface area is 171 Å². The van der Waals surface area contributed by atoms with Gasteiger partial charge in [-0.3, -0.25) is 15.1 Å². The quantitative estimate of drug-likeness (QED) is 0.433. The van der Waals surface area contributed by atoms with Gasteiger partial charge < -0.3 is 14.2 Å². The number of para-hydroxylation sites is 1. The molecule has 0 aliphatic rings. The number of aromatic nitrogens is 3. The Bertz CT molecular complexity index is 1370. The Balaban J connectivity index is 1.42. The summed E-state index contributed by atoms with van der Waals surface area (Å²) in [6.07, 6.45) is 1.73. The van der Waals surface area contributed by atoms with Crippen molar-refractivity contribution in [2.24, 2.45) is 0 Å². The zero-order chi connectivity index (χ0) is 20.5. The lowest BCUT2D eigenvalue weighted by Gasteiger charge is -2.06. The number of hydrogen-bond acceptors (Lipinski definition) is 5. The Hall–Kier alpha value is -4.13. The predicted octanol–water partition coefficient (Wildman–Crippen LogP) is 5.02. The molecule has 0 aliphatic heterocycles. The Morgan fingerprint density at radius 2 is 1.97 bits per heavy atom. The number of ether oxygens (including phenoxy) is 1. The lowest BCUT2D eigenvalue weighted by atomic mass is 10.1. The average molecular weight is 398 g/mol. The number of pyridine rings is 1. The molecule has 7 nitrogen and oxygen atoms in total. The molecule has 0 unspecified atom stereocenters. The number of aromatic amines is 1. The van der Waals surface area contributed by atoms with Crippen LogP contribution in [0.2, 0.25) is 0 Å². The zero-order valence-corrected chi connectivity index (χ0v) is 16.2. The second-order valence-electron chi connectivity index (χ2n) is 6.75. The first kappa shape index (κ1) is 17.9. The van der Waals surface area contributed by atoms with Gasteiger partial charge >= 0.3 is 0 Å². The van der Waals surface area contributed by atoms with Gasteiger partial charge in [-0.2, -0.15) is 0 Å². The summed E-state index contributed by atoms with van der Waals surface area (Å²) in [6, 6.07) is 18.8. The molecule has 0 radical (unpaired) electrons. The monoisotopic (exact) mass is 398 g/mol. The van der Waals surface area contributed by atoms with E-state index in [1.807, 2.05) is 55.5 Å². The van der Waals surface area contributed by atoms with Crippen LogP contribution in [0.1, 0.15) is 17.4 Å². The van der Waals surface area contributed by atoms with E-state index in [9.17, 15) is 4.79 Å². The van der Waals surface area contributed by atoms with Gasteiger partial charge in [0.05, 0.1) is 17.6 Å². The largest absolute Gasteiger partial charge is 0.493 e. The van der Waals surface area contributed by atoms with Crippen molar-refractivity contribution in [2.75, 3.05) is 11.9 Å². The van der Waals surface area contributed by atoms with Crippen LogP contribution in [0.5, 0.6) is 5.75 Å². The summed E-state index contributed by atoms with van der Waals surface area (Å²) >= 11 is 0. The van der Waals surface area contributed by atoms with Crippen LogP contribution in [0, 0.1) is 0 Å². The zero-order valence-electron chi connectivity index (χ0n) is 16.2. The molecule has 0 spiro atoms. The number of anilines is 1. The molecule has 3 heterocycles. The van der Waals surface area contributed by atoms with Crippen LogP contribution < -0.4 is 10.1 Å². The minimum absolute atomic E-state index is 0.253. The molecule has 0 fully saturated rings. The number of hydrogen-bond donors (Lipinski definition) is 2. The lowest BCUT2D eigenvalue weighted by Crippen LogP contribution is -2.11. The minimum Gasteiger partial charge on any atom is -0.493 e. The fourth-order valence-electron chi connectivity index (χ4n) is 3.46. The highest BCUT2D eigenvalue weighted by Gasteiger charge is 2.16. The molecule has 0 saturated heterocycles. The summed E-state index contributed by atoms with van der Waals surface area (Å²) in [4.78, 5) is 20.3. The predicted molar refractivity (Wildman–Crippen MR) is 115 cm³/mol. The van der Waals surface area contributed by atoms with Crippen molar-refractivity contribution in [1.82, 2.24) is 15.1 Å². The highest BCUT2D eigenvalue weighted by Crippen LogP contribution is 2.31. The molecule has 7 heteroatoms. The number of nitrogens with one attached hydrogen (secondary N) is 2. The molecule has 5 rings (SSSR count). The number of rotatable bonds is 5. The normalized spacial score (nSPS) is 11.1. The highest BCUT2D eigenvalue weighted by atomic mass is 16.5. The van der Waals surface area contributed by atoms with E-state index in [-0.39, 0.29) is 11.8 Å². The van der Waals surface area contributed by atoms with E-state index < -0.39 is 0 Å². The molecule has 0 saturated carbocycles. The Kier molecular flexibility index (Phi) is 4.40. The van der Waals surface area contributed by atoms with Gasteiger partial charge in [0.1, 0.15) is 17.1 Å². The third-order valence-electron chi connectivity index (χ3n) is 4.82. The van der Waals surface area contributed by atoms with E-state index in [2.05, 4.69) is 20.4 Å². The number of fused-ring (bicyclic) bond motifs is 3. The number of nitrogens with zero attached hydrogens (tertiary/aromatic N) is 2. The molecule has 0 atom stereocenters. The lowest BCUT2D eigenvalue weighted by molar-refractivity contribution is 0.102. The topological polar surface area (TPSA) is 93.0 Å². The summed E-state index contributed by atoms with van der Waals surface area (Å²) in [6.45, 7) is 2.46. The van der Waals surface area contributed by atoms with Crippen LogP contribution in [-0.4, -0.2) is 27.6 Å². The van der Waals surface area contributed by atoms with Gasteiger partial charge in [-0.15, -0.1) is 0 Å². The number of carbonyl (C=O) groups excluding carboxylic acids is 1. The number of benzene rings is 2. The third kappa shape index (κ3) is 3.16. The highest BCUT2D eigenvalue weighted by molar-refractivity contribution is 6.10. The summed E-state index contributed by atoms with van der Waals surface area (Å²) in [7, 11) is 0. The van der Waals surface area contributed by atoms with Gasteiger partial charge in [0.25, 0.3) is 5.91 Å². The smallest absolute Gasteiger partial charge is 0.274 e. The molecule has 3 aromatic heterocycles. The standard InChI is InChI=1S/C23H18N4O3/c1-2-29-19-8-4-3-7-16(19)17-13-20(30-27-17)26-23(28)18-12-15-10-9-14-6-5-11-24-21(14)22(15)25-18/h3-13,25H,2H2,1H3,(H,26,28). The number of carbonyl (C=O) groups is 1. The third-order valence-corrected chi connectivity index (χ3v) is 4.82. The second kappa shape index (κ2) is 7.36. The van der Waals surface area contributed by atoms with E-state index in [1.165, 1.54) is 0 Å². The molecule has 148 valence electrons. The number of amides is 1. The van der Waals surface area contributed by atoms with Crippen LogP contribution >= 0.6 is 0 Å². The van der Waals surface area contributed by atoms with Gasteiger partial charge in [0.2, 0.25) is 5.88 Å². The summed E-state index contributed by atoms with van der Waals surface area (Å²) in [5.41, 5.74) is 3.44. The van der Waals surface area contributed by atoms with Gasteiger partial charge in [0, 0.05) is 28.6 Å². The van der Waals surface area contributed by atoms with Crippen molar-refractivity contribution >= 4 is 33.6 Å². The fourth-order valence-corrected chi connectivity index (χ4v) is 3.46. The van der Waals surface area contributed by atoms with Crippen molar-refractivity contribution in [3.05, 3.63) is 72.6 Å². The summed E-state index contributed by atoms with van der Waals surface area (Å²) in [5, 5.41) is 8.74. The molecule has 5 aromatic rings. The Morgan fingerprint density at radius 1 is 1.10 bits per heavy atom. The first-order chi connectivity index (χ1) is 14.7. The molecule has 0 bridgehead atoms. The molecule has 1 amide bonds. The number of H-pyrrole nitrogens is 1. The van der Waals surface area contributed by atoms with Crippen molar-refractivity contribution in [3.63, 3.8) is 0 Å². The minimum atomic E-state index is -0.323. The van der Waals surface area contributed by atoms with Crippen LogP contribution in [0.4, 0.5) is 5.88 Å². The van der Waals surface area contributed by atoms with E-state index in [0.29, 0.717) is 23.7 Å². The van der Waals surface area contributed by atoms with Gasteiger partial charge in [-0.05, 0) is 31.2 Å². The maximum atomic E-state index is 12.8. The first-order valence-corrected chi connectivity index (χ1v) is 9.59. The van der Waals surface area contributed by atoms with E-state index in [1.54, 1.807) is 18.3 Å². The van der Waals surface area contributed by atoms with Crippen LogP contribution in [-0.2, 0) is 0 Å². The van der Waals surface area contributed by atoms with Gasteiger partial charge in [0.15, 0.2) is 0 Å². The van der Waals surface area contributed by atoms with E-state index >= 15 is 0 Å². The molecular formula is C23H18N4O3. The van der Waals surface area contributed by atoms with Crippen LogP contribution in [0.15, 0.2) is 71.4 Å². The van der Waals surface area contributed by atoms with Crippen molar-refractivity contribution in [1.29, 1.82) is 0 Å². The van der Waals surface area contributed by atoms with Crippen molar-refractivity contribution in [3.8, 4) is 17.0 Å². The molecule has 2 aromatic carbocycles. The average Bonchev–Trinajstić information content (AvgIpc) is 3.41. The summed E-state index contributed by atoms with van der Waals surface area (Å²) in [5.74, 6) is 0.639. The maximum absolute atomic E-state index is 12.8. The Morgan fingerprint density at radius 3 is 2.87 bits per heavy atom. The van der Waals surface area contributed by atoms with E-state index in [4.69, 9.17) is 9.26 Å². The van der Waals surface area contributed by atoms with Crippen molar-refractivity contribution < 1.29 is 14.1 Å². The van der Waals surface area contributed by atoms with Gasteiger partial charge in [-0.1, -0.05) is 35.5 Å². The molecule has 2 N–H and O–H groups in total. The van der Waals surface area contributed by atoms with Crippen molar-refractivity contribution in [2.45, 2.75) is 6.92 Å². The van der Waals surface area contributed by atoms with Crippen LogP contribution in [0.3, 0.4) is 0 Å². The summed E-state index contributed by atoms with van der Waals surface area (Å²) < 4.78 is 11.0. The molecule has 0 aliphatic carbocycles. The first-order valence-electron chi connectivity index (χ1n) is 9.59. The van der Waals surface area contributed by atoms with E-state index in [0.717, 1.165) is 27.4 Å². The SMILES string of the molecule is CCOc1ccccc1-c1cc(NC(=O)c2cc3ccc4cccnc4c3[nH]2)on1.